The minimum Gasteiger partial charge on any atom is -0.477 e. The largest absolute Gasteiger partial charge is 0.477 e. The summed E-state index contributed by atoms with van der Waals surface area (Å²) in [6.07, 6.45) is -15.1. The van der Waals surface area contributed by atoms with Gasteiger partial charge in [0.05, 0.1) is 61.5 Å². The summed E-state index contributed by atoms with van der Waals surface area (Å²) in [7, 11) is 0. The highest BCUT2D eigenvalue weighted by Crippen LogP contribution is 2.38. The minimum atomic E-state index is -2.59. The maximum Gasteiger partial charge on any atom is 0.364 e. The quantitative estimate of drug-likeness (QED) is 0.0164. The molecule has 2 aliphatic rings. The second kappa shape index (κ2) is 40.9. The molecule has 0 spiro atoms. The van der Waals surface area contributed by atoms with Gasteiger partial charge in [0.2, 0.25) is 11.8 Å². The molecule has 9 rings (SSSR count). The van der Waals surface area contributed by atoms with E-state index in [1.807, 2.05) is 60.7 Å². The average molecular weight is 1550 g/mol. The summed E-state index contributed by atoms with van der Waals surface area (Å²) in [5.74, 6) is -12.0. The molecule has 0 bridgehead atoms. The monoisotopic (exact) mass is 1550 g/mol. The molecule has 7 aromatic rings. The van der Waals surface area contributed by atoms with Gasteiger partial charge in [-0.1, -0.05) is 121 Å². The maximum atomic E-state index is 13.5. The molecule has 110 heavy (non-hydrogen) atoms. The molecule has 30 heteroatoms. The molecule has 6 amide bonds. The van der Waals surface area contributed by atoms with Crippen LogP contribution in [-0.4, -0.2) is 225 Å². The van der Waals surface area contributed by atoms with Crippen molar-refractivity contribution >= 4 is 82.8 Å². The van der Waals surface area contributed by atoms with Gasteiger partial charge >= 0.3 is 23.9 Å². The fourth-order valence-corrected chi connectivity index (χ4v) is 13.8. The van der Waals surface area contributed by atoms with Crippen molar-refractivity contribution in [1.82, 2.24) is 31.9 Å². The molecule has 2 aliphatic heterocycles. The molecule has 2 saturated heterocycles. The van der Waals surface area contributed by atoms with E-state index in [0.29, 0.717) is 23.0 Å². The Balaban J connectivity index is 0.711. The van der Waals surface area contributed by atoms with Gasteiger partial charge in [-0.2, -0.15) is 23.5 Å². The molecule has 0 unspecified atom stereocenters. The summed E-state index contributed by atoms with van der Waals surface area (Å²) in [6, 6.07) is 50.9. The third-order valence-corrected chi connectivity index (χ3v) is 20.1. The first-order valence-corrected chi connectivity index (χ1v) is 37.8. The Hall–Kier alpha value is -10.4. The van der Waals surface area contributed by atoms with Gasteiger partial charge in [0.15, 0.2) is 0 Å². The predicted molar refractivity (Wildman–Crippen MR) is 406 cm³/mol. The number of esters is 2. The van der Waals surface area contributed by atoms with Crippen LogP contribution in [0.4, 0.5) is 0 Å². The Morgan fingerprint density at radius 2 is 0.709 bits per heavy atom. The van der Waals surface area contributed by atoms with E-state index in [0.717, 1.165) is 36.1 Å². The summed E-state index contributed by atoms with van der Waals surface area (Å²) in [5.41, 5.74) is 4.78. The van der Waals surface area contributed by atoms with Crippen molar-refractivity contribution in [2.45, 2.75) is 112 Å². The number of carboxylic acid groups (broad SMARTS) is 2. The molecule has 0 radical (unpaired) electrons. The third-order valence-electron chi connectivity index (χ3n) is 18.0. The number of carbonyl (C=O) groups excluding carboxylic acids is 8. The molecule has 0 aliphatic carbocycles. The van der Waals surface area contributed by atoms with E-state index >= 15 is 0 Å². The van der Waals surface area contributed by atoms with Crippen molar-refractivity contribution in [2.24, 2.45) is 0 Å². The second-order valence-electron chi connectivity index (χ2n) is 25.9. The average Bonchev–Trinajstić information content (AvgIpc) is 0.765. The Bertz CT molecular complexity index is 3970. The Kier molecular flexibility index (Phi) is 31.1. The molecule has 12 atom stereocenters. The van der Waals surface area contributed by atoms with Crippen LogP contribution < -0.4 is 31.9 Å². The van der Waals surface area contributed by atoms with Gasteiger partial charge in [-0.05, 0) is 119 Å². The molecular weight excluding hydrogens is 1460 g/mol. The second-order valence-corrected chi connectivity index (χ2v) is 28.4. The molecule has 2 heterocycles. The van der Waals surface area contributed by atoms with Crippen molar-refractivity contribution in [1.29, 1.82) is 0 Å². The van der Waals surface area contributed by atoms with Crippen LogP contribution in [0.15, 0.2) is 194 Å². The van der Waals surface area contributed by atoms with Crippen molar-refractivity contribution in [2.75, 3.05) is 62.4 Å². The van der Waals surface area contributed by atoms with E-state index in [9.17, 15) is 78.6 Å². The number of hydrogen-bond donors (Lipinski definition) is 12. The highest BCUT2D eigenvalue weighted by Gasteiger charge is 2.59. The van der Waals surface area contributed by atoms with Crippen LogP contribution in [0.2, 0.25) is 0 Å². The SMILES string of the molecule is CC(=O)N[C@H]1[C@H]([C@H](O)[C@H](O)CNC(=O)c2ccc(-c3ccccc3)cc2)O[C@@](OCCCSCCNC(=O)c2ccc(C(=O)NCCSCCCO[C@]3(C(=O)O)C[C@H](OC(=O)c4ccccc4)[C@@H](NC(C)=O)[C@H]([C@H](O)[C@H](O)CNC(=O)c4ccc(-c5ccccc5)cc4)O3)cc2)(C(=O)O)C[C@@H]1OC(=O)c1ccccc1. The smallest absolute Gasteiger partial charge is 0.364 e. The zero-order valence-electron chi connectivity index (χ0n) is 60.2. The molecule has 7 aromatic carbocycles. The lowest BCUT2D eigenvalue weighted by atomic mass is 9.88. The van der Waals surface area contributed by atoms with Crippen LogP contribution in [-0.2, 0) is 47.6 Å². The van der Waals surface area contributed by atoms with Gasteiger partial charge < -0.3 is 91.0 Å². The molecule has 0 saturated carbocycles. The number of hydrogen-bond acceptors (Lipinski definition) is 22. The van der Waals surface area contributed by atoms with E-state index in [-0.39, 0.29) is 72.5 Å². The van der Waals surface area contributed by atoms with Gasteiger partial charge in [0, 0.05) is 73.8 Å². The number of aliphatic carboxylic acids is 2. The minimum absolute atomic E-state index is 0.0934. The van der Waals surface area contributed by atoms with Crippen molar-refractivity contribution in [3.8, 4) is 22.3 Å². The van der Waals surface area contributed by atoms with Crippen molar-refractivity contribution in [3.63, 3.8) is 0 Å². The number of nitrogens with one attached hydrogen (secondary N) is 6. The Labute approximate surface area is 642 Å². The van der Waals surface area contributed by atoms with Gasteiger partial charge in [-0.15, -0.1) is 0 Å². The number of aliphatic hydroxyl groups excluding tert-OH is 4. The molecule has 582 valence electrons. The van der Waals surface area contributed by atoms with Gasteiger partial charge in [0.1, 0.15) is 36.6 Å². The topological polar surface area (TPSA) is 420 Å². The van der Waals surface area contributed by atoms with Gasteiger partial charge in [-0.3, -0.25) is 28.8 Å². The fourth-order valence-electron chi connectivity index (χ4n) is 12.3. The molecular formula is C80H88N6O22S2. The Morgan fingerprint density at radius 3 is 1.03 bits per heavy atom. The lowest BCUT2D eigenvalue weighted by Gasteiger charge is -2.47. The lowest BCUT2D eigenvalue weighted by molar-refractivity contribution is -0.310. The van der Waals surface area contributed by atoms with E-state index < -0.39 is 158 Å². The van der Waals surface area contributed by atoms with Crippen LogP contribution in [0.5, 0.6) is 0 Å². The van der Waals surface area contributed by atoms with E-state index in [1.165, 1.54) is 72.1 Å². The van der Waals surface area contributed by atoms with Crippen LogP contribution in [0.1, 0.15) is 102 Å². The number of amides is 6. The summed E-state index contributed by atoms with van der Waals surface area (Å²) >= 11 is 2.81. The third kappa shape index (κ3) is 23.3. The number of aliphatic hydroxyl groups is 4. The van der Waals surface area contributed by atoms with Crippen LogP contribution in [0.25, 0.3) is 22.3 Å². The van der Waals surface area contributed by atoms with E-state index in [2.05, 4.69) is 31.9 Å². The standard InChI is InChI=1S/C80H88N6O22S2/c1-49(87)85-65-63(105-75(97)59-21-11-5-12-22-59)45-79(77(99)100,107-69(65)67(91)61(89)47-83-73(95)57-29-25-53(26-30-57)51-17-7-3-8-18-51)103-39-15-41-109-43-37-81-71(93)55-33-35-56(36-34-55)72(94)82-38-44-110-42-16-40-104-80(78(101)102)46-64(106-76(98)60-23-13-6-14-24-60)66(86-50(2)88)70(108-80)68(92)62(90)48-84-74(96)58-31-27-54(28-32-58)52-19-9-4-10-20-52/h3-14,17-36,61-70,89-92H,15-16,37-48H2,1-2H3,(H,81,93)(H,82,94)(H,83,95)(H,84,96)(H,85,87)(H,86,88)(H,99,100)(H,101,102)/t61-,62-,63+,64+,65-,66-,67-,68-,69-,70-,79-,80-/m1/s1. The summed E-state index contributed by atoms with van der Waals surface area (Å²) in [6.45, 7) is 1.14. The van der Waals surface area contributed by atoms with Gasteiger partial charge in [0.25, 0.3) is 35.2 Å². The highest BCUT2D eigenvalue weighted by atomic mass is 32.2. The van der Waals surface area contributed by atoms with Crippen molar-refractivity contribution in [3.05, 3.63) is 228 Å². The maximum absolute atomic E-state index is 13.5. The van der Waals surface area contributed by atoms with Crippen LogP contribution in [0.3, 0.4) is 0 Å². The molecule has 2 fully saturated rings. The number of benzene rings is 7. The number of thioether (sulfide) groups is 2. The van der Waals surface area contributed by atoms with E-state index in [1.54, 1.807) is 84.9 Å². The first-order chi connectivity index (χ1) is 52.9. The summed E-state index contributed by atoms with van der Waals surface area (Å²) in [5, 5.41) is 83.7. The number of ether oxygens (including phenoxy) is 6. The van der Waals surface area contributed by atoms with Crippen LogP contribution >= 0.6 is 23.5 Å². The highest BCUT2D eigenvalue weighted by molar-refractivity contribution is 7.99. The molecule has 28 nitrogen and oxygen atoms in total. The Morgan fingerprint density at radius 1 is 0.409 bits per heavy atom. The van der Waals surface area contributed by atoms with Crippen molar-refractivity contribution < 1.29 is 107 Å². The summed E-state index contributed by atoms with van der Waals surface area (Å²) in [4.78, 5) is 132. The zero-order chi connectivity index (χ0) is 78.7. The number of carboxylic acids is 2. The van der Waals surface area contributed by atoms with Crippen LogP contribution in [0, 0.1) is 0 Å². The fraction of sp³-hybridized carbons (Fsp3) is 0.350. The number of rotatable bonds is 38. The number of carbonyl (C=O) groups is 10. The molecule has 0 aromatic heterocycles. The van der Waals surface area contributed by atoms with E-state index in [4.69, 9.17) is 28.4 Å². The first kappa shape index (κ1) is 83.7. The first-order valence-electron chi connectivity index (χ1n) is 35.5. The normalized spacial score (nSPS) is 20.5. The zero-order valence-corrected chi connectivity index (χ0v) is 61.8. The summed E-state index contributed by atoms with van der Waals surface area (Å²) < 4.78 is 35.8. The predicted octanol–water partition coefficient (Wildman–Crippen LogP) is 5.66. The van der Waals surface area contributed by atoms with Gasteiger partial charge in [-0.25, -0.2) is 19.2 Å². The molecule has 12 N–H and O–H groups in total. The lowest BCUT2D eigenvalue weighted by Crippen LogP contribution is -2.68.